The zero-order valence-corrected chi connectivity index (χ0v) is 23.8. The summed E-state index contributed by atoms with van der Waals surface area (Å²) in [7, 11) is 1.70. The number of ether oxygens (including phenoxy) is 2. The van der Waals surface area contributed by atoms with E-state index in [0.29, 0.717) is 52.2 Å². The molecule has 4 saturated heterocycles. The van der Waals surface area contributed by atoms with E-state index in [1.165, 1.54) is 0 Å². The van der Waals surface area contributed by atoms with Gasteiger partial charge in [-0.15, -0.1) is 13.2 Å². The van der Waals surface area contributed by atoms with Gasteiger partial charge >= 0.3 is 0 Å². The Balaban J connectivity index is 1.70. The van der Waals surface area contributed by atoms with Crippen LogP contribution in [-0.2, 0) is 23.9 Å². The molecule has 2 bridgehead atoms. The number of hydrogen-bond donors (Lipinski definition) is 1. The molecule has 0 aliphatic carbocycles. The maximum absolute atomic E-state index is 14.5. The molecule has 39 heavy (non-hydrogen) atoms. The maximum Gasteiger partial charge on any atom is 0.248 e. The van der Waals surface area contributed by atoms with Crippen molar-refractivity contribution in [1.29, 1.82) is 0 Å². The summed E-state index contributed by atoms with van der Waals surface area (Å²) >= 11 is 0. The molecule has 218 valence electrons. The predicted octanol–water partition coefficient (Wildman–Crippen LogP) is 0.759. The molecule has 3 amide bonds. The highest BCUT2D eigenvalue weighted by molar-refractivity contribution is 5.99. The normalized spacial score (nSPS) is 31.6. The average molecular weight is 547 g/mol. The van der Waals surface area contributed by atoms with Crippen molar-refractivity contribution in [2.24, 2.45) is 17.8 Å². The molecule has 4 fully saturated rings. The minimum atomic E-state index is -1.09. The van der Waals surface area contributed by atoms with Gasteiger partial charge < -0.3 is 29.3 Å². The lowest BCUT2D eigenvalue weighted by Crippen LogP contribution is -2.60. The number of likely N-dealkylation sites (tertiary alicyclic amines) is 1. The van der Waals surface area contributed by atoms with Crippen molar-refractivity contribution in [2.75, 3.05) is 66.1 Å². The Morgan fingerprint density at radius 1 is 1.21 bits per heavy atom. The van der Waals surface area contributed by atoms with Gasteiger partial charge in [0.25, 0.3) is 0 Å². The van der Waals surface area contributed by atoms with E-state index in [-0.39, 0.29) is 30.2 Å². The topological polar surface area (TPSA) is 103 Å². The number of likely N-dealkylation sites (N-methyl/N-ethyl adjacent to an activating group) is 1. The first-order valence-corrected chi connectivity index (χ1v) is 14.4. The van der Waals surface area contributed by atoms with Gasteiger partial charge in [-0.25, -0.2) is 0 Å². The Labute approximate surface area is 232 Å². The number of hydrogen-bond acceptors (Lipinski definition) is 7. The third-order valence-corrected chi connectivity index (χ3v) is 9.33. The monoisotopic (exact) mass is 546 g/mol. The van der Waals surface area contributed by atoms with Gasteiger partial charge in [-0.1, -0.05) is 32.4 Å². The summed E-state index contributed by atoms with van der Waals surface area (Å²) in [5.41, 5.74) is -1.09. The molecule has 0 aromatic rings. The molecule has 0 aromatic heterocycles. The quantitative estimate of drug-likeness (QED) is 0.340. The molecule has 4 rings (SSSR count). The number of amides is 3. The second-order valence-corrected chi connectivity index (χ2v) is 11.5. The lowest BCUT2D eigenvalue weighted by atomic mass is 9.70. The van der Waals surface area contributed by atoms with Gasteiger partial charge in [-0.05, 0) is 18.8 Å². The van der Waals surface area contributed by atoms with Crippen LogP contribution in [0.5, 0.6) is 0 Å². The smallest absolute Gasteiger partial charge is 0.248 e. The number of carbonyl (C=O) groups is 3. The highest BCUT2D eigenvalue weighted by Gasteiger charge is 2.75. The molecule has 4 aliphatic heterocycles. The predicted molar refractivity (Wildman–Crippen MR) is 147 cm³/mol. The first kappa shape index (κ1) is 29.7. The van der Waals surface area contributed by atoms with Gasteiger partial charge in [-0.3, -0.25) is 19.3 Å². The van der Waals surface area contributed by atoms with Crippen molar-refractivity contribution in [2.45, 2.75) is 56.9 Å². The zero-order chi connectivity index (χ0) is 28.3. The van der Waals surface area contributed by atoms with Gasteiger partial charge in [0.1, 0.15) is 11.6 Å². The van der Waals surface area contributed by atoms with Crippen molar-refractivity contribution in [3.8, 4) is 0 Å². The van der Waals surface area contributed by atoms with Crippen LogP contribution in [0.25, 0.3) is 0 Å². The average Bonchev–Trinajstić information content (AvgIpc) is 3.59. The van der Waals surface area contributed by atoms with Crippen LogP contribution in [0.4, 0.5) is 0 Å². The SMILES string of the molecule is C=CCN(C)C(=O)[C@@H]1[C@@H]2CCC3(O2)C(C(=O)N(CC=C)CCN2CCOCC2)N([C@@H](CO)[C@@H](C)CC)C(=O)[C@H]13. The fourth-order valence-corrected chi connectivity index (χ4v) is 7.07. The molecular weight excluding hydrogens is 500 g/mol. The van der Waals surface area contributed by atoms with Crippen molar-refractivity contribution in [3.63, 3.8) is 0 Å². The Morgan fingerprint density at radius 3 is 2.51 bits per heavy atom. The Kier molecular flexibility index (Phi) is 9.52. The summed E-state index contributed by atoms with van der Waals surface area (Å²) in [6.07, 6.45) is 4.82. The van der Waals surface area contributed by atoms with Crippen molar-refractivity contribution in [1.82, 2.24) is 19.6 Å². The number of nitrogens with zero attached hydrogens (tertiary/aromatic N) is 4. The molecule has 10 nitrogen and oxygen atoms in total. The molecule has 4 heterocycles. The van der Waals surface area contributed by atoms with Crippen LogP contribution in [0, 0.1) is 17.8 Å². The van der Waals surface area contributed by atoms with Crippen LogP contribution in [-0.4, -0.2) is 132 Å². The minimum Gasteiger partial charge on any atom is -0.394 e. The van der Waals surface area contributed by atoms with E-state index in [0.717, 1.165) is 19.5 Å². The number of morpholine rings is 1. The van der Waals surface area contributed by atoms with E-state index in [1.807, 2.05) is 13.8 Å². The number of aliphatic hydroxyl groups excluding tert-OH is 1. The molecular formula is C29H46N4O6. The standard InChI is InChI=1S/C29H46N4O6/c1-6-11-30(5)26(35)23-22-9-10-29(39-22)24(23)27(36)33(21(19-34)20(4)8-3)25(29)28(37)32(12-7-2)14-13-31-15-17-38-18-16-31/h6-7,20-25,34H,1-2,8-19H2,3-5H3/t20-,21-,22-,23+,24-,25?,29?/m0/s1. The van der Waals surface area contributed by atoms with Gasteiger partial charge in [0, 0.05) is 46.3 Å². The number of aliphatic hydroxyl groups is 1. The van der Waals surface area contributed by atoms with Gasteiger partial charge in [0.2, 0.25) is 17.7 Å². The third-order valence-electron chi connectivity index (χ3n) is 9.33. The van der Waals surface area contributed by atoms with E-state index in [9.17, 15) is 19.5 Å². The first-order chi connectivity index (χ1) is 18.7. The summed E-state index contributed by atoms with van der Waals surface area (Å²) in [4.78, 5) is 49.6. The van der Waals surface area contributed by atoms with E-state index < -0.39 is 35.6 Å². The summed E-state index contributed by atoms with van der Waals surface area (Å²) in [6.45, 7) is 16.2. The zero-order valence-electron chi connectivity index (χ0n) is 23.8. The maximum atomic E-state index is 14.5. The molecule has 0 aromatic carbocycles. The third kappa shape index (κ3) is 5.28. The van der Waals surface area contributed by atoms with Gasteiger partial charge in [0.15, 0.2) is 0 Å². The van der Waals surface area contributed by atoms with Crippen LogP contribution in [0.15, 0.2) is 25.3 Å². The van der Waals surface area contributed by atoms with Crippen molar-refractivity contribution >= 4 is 17.7 Å². The van der Waals surface area contributed by atoms with Gasteiger partial charge in [-0.2, -0.15) is 0 Å². The highest BCUT2D eigenvalue weighted by Crippen LogP contribution is 2.59. The summed E-state index contributed by atoms with van der Waals surface area (Å²) in [6, 6.07) is -1.45. The largest absolute Gasteiger partial charge is 0.394 e. The highest BCUT2D eigenvalue weighted by atomic mass is 16.5. The fraction of sp³-hybridized carbons (Fsp3) is 0.759. The number of carbonyl (C=O) groups excluding carboxylic acids is 3. The first-order valence-electron chi connectivity index (χ1n) is 14.4. The Morgan fingerprint density at radius 2 is 1.90 bits per heavy atom. The molecule has 7 atom stereocenters. The van der Waals surface area contributed by atoms with E-state index >= 15 is 0 Å². The lowest BCUT2D eigenvalue weighted by molar-refractivity contribution is -0.153. The van der Waals surface area contributed by atoms with Crippen LogP contribution >= 0.6 is 0 Å². The van der Waals surface area contributed by atoms with Crippen LogP contribution in [0.3, 0.4) is 0 Å². The Hall–Kier alpha value is -2.27. The second-order valence-electron chi connectivity index (χ2n) is 11.5. The molecule has 10 heteroatoms. The van der Waals surface area contributed by atoms with Crippen molar-refractivity contribution < 1.29 is 29.0 Å². The molecule has 1 N–H and O–H groups in total. The van der Waals surface area contributed by atoms with Gasteiger partial charge in [0.05, 0.1) is 43.8 Å². The minimum absolute atomic E-state index is 0.0412. The van der Waals surface area contributed by atoms with E-state index in [4.69, 9.17) is 9.47 Å². The number of rotatable bonds is 13. The summed E-state index contributed by atoms with van der Waals surface area (Å²) in [5, 5.41) is 10.5. The Bertz CT molecular complexity index is 939. The van der Waals surface area contributed by atoms with Crippen LogP contribution in [0.2, 0.25) is 0 Å². The molecule has 0 saturated carbocycles. The van der Waals surface area contributed by atoms with E-state index in [1.54, 1.807) is 33.9 Å². The summed E-state index contributed by atoms with van der Waals surface area (Å²) in [5.74, 6) is -2.07. The van der Waals surface area contributed by atoms with Crippen molar-refractivity contribution in [3.05, 3.63) is 25.3 Å². The molecule has 0 radical (unpaired) electrons. The lowest BCUT2D eigenvalue weighted by Gasteiger charge is -2.41. The molecule has 4 aliphatic rings. The van der Waals surface area contributed by atoms with E-state index in [2.05, 4.69) is 18.1 Å². The fourth-order valence-electron chi connectivity index (χ4n) is 7.07. The van der Waals surface area contributed by atoms with Crippen LogP contribution in [0.1, 0.15) is 33.1 Å². The molecule has 2 unspecified atom stereocenters. The number of fused-ring (bicyclic) bond motifs is 1. The summed E-state index contributed by atoms with van der Waals surface area (Å²) < 4.78 is 12.1. The molecule has 1 spiro atoms. The second kappa shape index (κ2) is 12.5. The van der Waals surface area contributed by atoms with Crippen LogP contribution < -0.4 is 0 Å².